The number of sulfonamides is 1. The third-order valence-corrected chi connectivity index (χ3v) is 6.44. The molecule has 1 aromatic rings. The van der Waals surface area contributed by atoms with Crippen molar-refractivity contribution < 1.29 is 8.42 Å². The van der Waals surface area contributed by atoms with Crippen LogP contribution in [-0.2, 0) is 15.9 Å². The fraction of sp³-hybridized carbons (Fsp3) is 0.600. The first kappa shape index (κ1) is 12.4. The third-order valence-electron chi connectivity index (χ3n) is 2.77. The molecule has 3 nitrogen and oxygen atoms in total. The van der Waals surface area contributed by atoms with Gasteiger partial charge in [-0.25, -0.2) is 8.42 Å². The molecule has 2 rings (SSSR count). The molecule has 0 aliphatic heterocycles. The predicted molar refractivity (Wildman–Crippen MR) is 66.6 cm³/mol. The summed E-state index contributed by atoms with van der Waals surface area (Å²) in [6.07, 6.45) is 1.95. The summed E-state index contributed by atoms with van der Waals surface area (Å²) in [6, 6.07) is 1.89. The van der Waals surface area contributed by atoms with E-state index in [1.807, 2.05) is 6.92 Å². The number of halogens is 1. The molecule has 0 aromatic carbocycles. The highest BCUT2D eigenvalue weighted by Crippen LogP contribution is 2.34. The van der Waals surface area contributed by atoms with Gasteiger partial charge in [-0.05, 0) is 25.8 Å². The number of alkyl halides is 1. The number of hydrogen-bond acceptors (Lipinski definition) is 3. The van der Waals surface area contributed by atoms with E-state index >= 15 is 0 Å². The molecule has 1 saturated carbocycles. The molecule has 16 heavy (non-hydrogen) atoms. The van der Waals surface area contributed by atoms with Gasteiger partial charge in [0.1, 0.15) is 0 Å². The molecule has 0 unspecified atom stereocenters. The van der Waals surface area contributed by atoms with Crippen LogP contribution in [0.25, 0.3) is 0 Å². The smallest absolute Gasteiger partial charge is 0.207 e. The average Bonchev–Trinajstić information content (AvgIpc) is 3.00. The van der Waals surface area contributed by atoms with E-state index in [1.165, 1.54) is 15.6 Å². The van der Waals surface area contributed by atoms with Gasteiger partial charge in [0.25, 0.3) is 0 Å². The third kappa shape index (κ3) is 2.14. The average molecular weight is 280 g/mol. The van der Waals surface area contributed by atoms with E-state index < -0.39 is 10.0 Å². The molecule has 1 aliphatic carbocycles. The zero-order valence-corrected chi connectivity index (χ0v) is 11.6. The van der Waals surface area contributed by atoms with E-state index in [0.717, 1.165) is 22.6 Å². The highest BCUT2D eigenvalue weighted by Gasteiger charge is 2.36. The summed E-state index contributed by atoms with van der Waals surface area (Å²) in [7, 11) is -1.65. The van der Waals surface area contributed by atoms with Crippen molar-refractivity contribution in [3.05, 3.63) is 15.8 Å². The van der Waals surface area contributed by atoms with Gasteiger partial charge in [0.15, 0.2) is 0 Å². The molecule has 1 aliphatic rings. The lowest BCUT2D eigenvalue weighted by molar-refractivity contribution is 0.464. The van der Waals surface area contributed by atoms with Crippen molar-refractivity contribution in [1.29, 1.82) is 0 Å². The summed E-state index contributed by atoms with van der Waals surface area (Å²) in [5.41, 5.74) is 0. The molecule has 6 heteroatoms. The van der Waals surface area contributed by atoms with Crippen LogP contribution in [-0.4, -0.2) is 25.8 Å². The topological polar surface area (TPSA) is 37.4 Å². The van der Waals surface area contributed by atoms with Crippen LogP contribution in [0.5, 0.6) is 0 Å². The van der Waals surface area contributed by atoms with Crippen molar-refractivity contribution in [2.75, 3.05) is 7.05 Å². The Morgan fingerprint density at radius 2 is 2.19 bits per heavy atom. The van der Waals surface area contributed by atoms with E-state index in [2.05, 4.69) is 0 Å². The molecule has 0 radical (unpaired) electrons. The molecule has 1 aromatic heterocycles. The Kier molecular flexibility index (Phi) is 3.32. The minimum absolute atomic E-state index is 0.198. The molecule has 90 valence electrons. The monoisotopic (exact) mass is 279 g/mol. The minimum atomic E-state index is -3.31. The predicted octanol–water partition coefficient (Wildman–Crippen LogP) is 2.58. The van der Waals surface area contributed by atoms with Gasteiger partial charge >= 0.3 is 0 Å². The second-order valence-electron chi connectivity index (χ2n) is 4.02. The molecule has 0 spiro atoms. The molecule has 0 amide bonds. The summed E-state index contributed by atoms with van der Waals surface area (Å²) in [5, 5.41) is 0. The van der Waals surface area contributed by atoms with Gasteiger partial charge in [0.05, 0.1) is 10.8 Å². The van der Waals surface area contributed by atoms with Crippen molar-refractivity contribution in [2.24, 2.45) is 0 Å². The highest BCUT2D eigenvalue weighted by molar-refractivity contribution is 7.89. The maximum atomic E-state index is 12.3. The Labute approximate surface area is 105 Å². The van der Waals surface area contributed by atoms with Crippen LogP contribution in [0.2, 0.25) is 0 Å². The largest absolute Gasteiger partial charge is 0.244 e. The second-order valence-corrected chi connectivity index (χ2v) is 7.59. The SMILES string of the molecule is Cc1sc(CCl)cc1S(=O)(=O)N(C)C1CC1. The summed E-state index contributed by atoms with van der Waals surface area (Å²) < 4.78 is 26.0. The molecule has 1 heterocycles. The number of hydrogen-bond donors (Lipinski definition) is 0. The van der Waals surface area contributed by atoms with Crippen molar-refractivity contribution in [2.45, 2.75) is 36.6 Å². The van der Waals surface area contributed by atoms with Crippen LogP contribution in [0.4, 0.5) is 0 Å². The van der Waals surface area contributed by atoms with E-state index in [1.54, 1.807) is 13.1 Å². The van der Waals surface area contributed by atoms with Gasteiger partial charge in [-0.1, -0.05) is 0 Å². The summed E-state index contributed by atoms with van der Waals surface area (Å²) in [5.74, 6) is 0.369. The summed E-state index contributed by atoms with van der Waals surface area (Å²) in [4.78, 5) is 2.15. The zero-order chi connectivity index (χ0) is 11.9. The van der Waals surface area contributed by atoms with E-state index in [4.69, 9.17) is 11.6 Å². The van der Waals surface area contributed by atoms with Crippen LogP contribution < -0.4 is 0 Å². The van der Waals surface area contributed by atoms with Gasteiger partial charge in [-0.15, -0.1) is 22.9 Å². The highest BCUT2D eigenvalue weighted by atomic mass is 35.5. The lowest BCUT2D eigenvalue weighted by Crippen LogP contribution is -2.29. The van der Waals surface area contributed by atoms with Gasteiger partial charge in [0.2, 0.25) is 10.0 Å². The van der Waals surface area contributed by atoms with Crippen LogP contribution >= 0.6 is 22.9 Å². The van der Waals surface area contributed by atoms with Gasteiger partial charge in [-0.3, -0.25) is 0 Å². The number of rotatable bonds is 4. The Morgan fingerprint density at radius 1 is 1.56 bits per heavy atom. The Bertz CT molecular complexity index is 491. The normalized spacial score (nSPS) is 17.0. The van der Waals surface area contributed by atoms with E-state index in [0.29, 0.717) is 10.8 Å². The molecule has 1 fully saturated rings. The van der Waals surface area contributed by atoms with Crippen molar-refractivity contribution in [1.82, 2.24) is 4.31 Å². The molecular formula is C10H14ClNO2S2. The molecule has 0 saturated heterocycles. The lowest BCUT2D eigenvalue weighted by atomic mass is 10.4. The summed E-state index contributed by atoms with van der Waals surface area (Å²) in [6.45, 7) is 1.83. The van der Waals surface area contributed by atoms with E-state index in [-0.39, 0.29) is 6.04 Å². The quantitative estimate of drug-likeness (QED) is 0.795. The van der Waals surface area contributed by atoms with Gasteiger partial charge in [-0.2, -0.15) is 4.31 Å². The molecule has 0 N–H and O–H groups in total. The minimum Gasteiger partial charge on any atom is -0.207 e. The van der Waals surface area contributed by atoms with Crippen LogP contribution in [0.3, 0.4) is 0 Å². The summed E-state index contributed by atoms with van der Waals surface area (Å²) >= 11 is 7.17. The van der Waals surface area contributed by atoms with Crippen molar-refractivity contribution in [3.8, 4) is 0 Å². The first-order valence-electron chi connectivity index (χ1n) is 5.10. The van der Waals surface area contributed by atoms with Crippen LogP contribution in [0.1, 0.15) is 22.6 Å². The maximum Gasteiger partial charge on any atom is 0.244 e. The fourth-order valence-corrected chi connectivity index (χ4v) is 4.74. The Hall–Kier alpha value is -0.100. The standard InChI is InChI=1S/C10H14ClNO2S2/c1-7-10(5-9(6-11)15-7)16(13,14)12(2)8-3-4-8/h5,8H,3-4,6H2,1-2H3. The first-order valence-corrected chi connectivity index (χ1v) is 7.89. The van der Waals surface area contributed by atoms with Crippen molar-refractivity contribution in [3.63, 3.8) is 0 Å². The lowest BCUT2D eigenvalue weighted by Gasteiger charge is -2.15. The molecule has 0 atom stereocenters. The Morgan fingerprint density at radius 3 is 2.62 bits per heavy atom. The number of nitrogens with zero attached hydrogens (tertiary/aromatic N) is 1. The van der Waals surface area contributed by atoms with Crippen LogP contribution in [0.15, 0.2) is 11.0 Å². The first-order chi connectivity index (χ1) is 7.46. The Balaban J connectivity index is 2.37. The zero-order valence-electron chi connectivity index (χ0n) is 9.23. The second kappa shape index (κ2) is 4.29. The number of aryl methyl sites for hydroxylation is 1. The fourth-order valence-electron chi connectivity index (χ4n) is 1.64. The van der Waals surface area contributed by atoms with Crippen molar-refractivity contribution >= 4 is 33.0 Å². The van der Waals surface area contributed by atoms with E-state index in [9.17, 15) is 8.42 Å². The van der Waals surface area contributed by atoms with Gasteiger partial charge in [0, 0.05) is 22.8 Å². The molecule has 0 bridgehead atoms. The maximum absolute atomic E-state index is 12.3. The van der Waals surface area contributed by atoms with Gasteiger partial charge < -0.3 is 0 Å². The van der Waals surface area contributed by atoms with Crippen LogP contribution in [0, 0.1) is 6.92 Å². The molecular weight excluding hydrogens is 266 g/mol. The number of thiophene rings is 1.